The van der Waals surface area contributed by atoms with Crippen LogP contribution in [0.15, 0.2) is 29.8 Å². The second-order valence-corrected chi connectivity index (χ2v) is 7.53. The molecule has 1 aromatic carbocycles. The molecule has 0 amide bonds. The predicted molar refractivity (Wildman–Crippen MR) is 87.1 cm³/mol. The molecular formula is C20H24O2. The first kappa shape index (κ1) is 14.0. The summed E-state index contributed by atoms with van der Waals surface area (Å²) in [6.07, 6.45) is 6.76. The minimum absolute atomic E-state index is 0.130. The number of methoxy groups -OCH3 is 1. The first-order valence-electron chi connectivity index (χ1n) is 8.44. The Morgan fingerprint density at radius 3 is 2.86 bits per heavy atom. The van der Waals surface area contributed by atoms with Crippen molar-refractivity contribution in [2.24, 2.45) is 17.3 Å². The van der Waals surface area contributed by atoms with Gasteiger partial charge in [-0.1, -0.05) is 19.1 Å². The summed E-state index contributed by atoms with van der Waals surface area (Å²) in [5.41, 5.74) is 3.82. The van der Waals surface area contributed by atoms with Crippen LogP contribution in [0.25, 0.3) is 0 Å². The lowest BCUT2D eigenvalue weighted by atomic mass is 9.55. The van der Waals surface area contributed by atoms with Crippen LogP contribution in [-0.2, 0) is 11.2 Å². The number of hydrogen-bond acceptors (Lipinski definition) is 2. The minimum Gasteiger partial charge on any atom is -0.497 e. The summed E-state index contributed by atoms with van der Waals surface area (Å²) in [4.78, 5) is 12.6. The van der Waals surface area contributed by atoms with Gasteiger partial charge < -0.3 is 4.74 Å². The highest BCUT2D eigenvalue weighted by molar-refractivity contribution is 6.02. The van der Waals surface area contributed by atoms with Gasteiger partial charge in [0.2, 0.25) is 0 Å². The number of ether oxygens (including phenoxy) is 1. The van der Waals surface area contributed by atoms with Crippen molar-refractivity contribution in [3.05, 3.63) is 41.0 Å². The molecule has 0 saturated heterocycles. The fourth-order valence-corrected chi connectivity index (χ4v) is 5.30. The van der Waals surface area contributed by atoms with E-state index in [0.717, 1.165) is 30.6 Å². The number of allylic oxidation sites excluding steroid dienone is 2. The fourth-order valence-electron chi connectivity index (χ4n) is 5.30. The van der Waals surface area contributed by atoms with E-state index < -0.39 is 0 Å². The molecule has 0 N–H and O–H groups in total. The average molecular weight is 296 g/mol. The van der Waals surface area contributed by atoms with E-state index in [9.17, 15) is 4.79 Å². The van der Waals surface area contributed by atoms with Crippen LogP contribution in [0.4, 0.5) is 0 Å². The van der Waals surface area contributed by atoms with Crippen LogP contribution in [0.3, 0.4) is 0 Å². The lowest BCUT2D eigenvalue weighted by molar-refractivity contribution is -0.127. The smallest absolute Gasteiger partial charge is 0.164 e. The third-order valence-corrected chi connectivity index (χ3v) is 6.49. The van der Waals surface area contributed by atoms with E-state index in [0.29, 0.717) is 23.5 Å². The summed E-state index contributed by atoms with van der Waals surface area (Å²) in [5, 5.41) is 0. The summed E-state index contributed by atoms with van der Waals surface area (Å²) in [5.74, 6) is 3.04. The summed E-state index contributed by atoms with van der Waals surface area (Å²) < 4.78 is 5.38. The molecule has 3 aliphatic rings. The van der Waals surface area contributed by atoms with Gasteiger partial charge in [-0.25, -0.2) is 0 Å². The van der Waals surface area contributed by atoms with Crippen LogP contribution >= 0.6 is 0 Å². The highest BCUT2D eigenvalue weighted by Gasteiger charge is 2.53. The molecular weight excluding hydrogens is 272 g/mol. The van der Waals surface area contributed by atoms with Crippen molar-refractivity contribution < 1.29 is 9.53 Å². The molecule has 2 nitrogen and oxygen atoms in total. The monoisotopic (exact) mass is 296 g/mol. The van der Waals surface area contributed by atoms with Crippen molar-refractivity contribution in [1.29, 1.82) is 0 Å². The normalized spacial score (nSPS) is 36.2. The lowest BCUT2D eigenvalue weighted by Gasteiger charge is -2.48. The third-order valence-electron chi connectivity index (χ3n) is 6.49. The molecule has 0 aromatic heterocycles. The zero-order valence-electron chi connectivity index (χ0n) is 13.7. The molecule has 1 saturated carbocycles. The Hall–Kier alpha value is -1.57. The molecule has 4 atom stereocenters. The number of carbonyl (C=O) groups excluding carboxylic acids is 1. The molecule has 1 fully saturated rings. The van der Waals surface area contributed by atoms with Gasteiger partial charge in [0.05, 0.1) is 7.11 Å². The van der Waals surface area contributed by atoms with Crippen molar-refractivity contribution in [3.63, 3.8) is 0 Å². The number of benzene rings is 1. The van der Waals surface area contributed by atoms with Crippen molar-refractivity contribution in [2.45, 2.75) is 45.4 Å². The lowest BCUT2D eigenvalue weighted by Crippen LogP contribution is -2.43. The Bertz CT molecular complexity index is 672. The van der Waals surface area contributed by atoms with Gasteiger partial charge in [0.25, 0.3) is 0 Å². The quantitative estimate of drug-likeness (QED) is 0.773. The minimum atomic E-state index is -0.130. The Balaban J connectivity index is 1.73. The van der Waals surface area contributed by atoms with Gasteiger partial charge in [-0.3, -0.25) is 4.79 Å². The number of ketones is 1. The van der Waals surface area contributed by atoms with E-state index in [1.54, 1.807) is 7.11 Å². The molecule has 0 heterocycles. The summed E-state index contributed by atoms with van der Waals surface area (Å²) >= 11 is 0. The van der Waals surface area contributed by atoms with Gasteiger partial charge in [-0.2, -0.15) is 0 Å². The second kappa shape index (κ2) is 4.71. The van der Waals surface area contributed by atoms with Crippen LogP contribution < -0.4 is 4.74 Å². The molecule has 0 radical (unpaired) electrons. The molecule has 3 aliphatic carbocycles. The standard InChI is InChI=1S/C20H24O2/c1-12-10-18-17-6-4-13-11-14(22-3)5-7-15(13)16(17)8-9-20(18,2)19(12)21/h5,7,10-11,16-18H,4,6,8-9H2,1-3H3/t16?,17?,18?,20-/m0/s1. The number of carbonyl (C=O) groups is 1. The van der Waals surface area contributed by atoms with E-state index in [1.807, 2.05) is 6.92 Å². The molecule has 0 aliphatic heterocycles. The molecule has 4 rings (SSSR count). The summed E-state index contributed by atoms with van der Waals surface area (Å²) in [7, 11) is 1.73. The highest BCUT2D eigenvalue weighted by atomic mass is 16.5. The summed E-state index contributed by atoms with van der Waals surface area (Å²) in [6.45, 7) is 4.20. The second-order valence-electron chi connectivity index (χ2n) is 7.53. The molecule has 116 valence electrons. The number of rotatable bonds is 1. The zero-order valence-corrected chi connectivity index (χ0v) is 13.7. The topological polar surface area (TPSA) is 26.3 Å². The van der Waals surface area contributed by atoms with E-state index >= 15 is 0 Å². The number of hydrogen-bond donors (Lipinski definition) is 0. The Morgan fingerprint density at radius 1 is 1.27 bits per heavy atom. The molecule has 2 heteroatoms. The van der Waals surface area contributed by atoms with Gasteiger partial charge >= 0.3 is 0 Å². The van der Waals surface area contributed by atoms with Gasteiger partial charge in [0.15, 0.2) is 5.78 Å². The SMILES string of the molecule is COc1ccc2c(c1)CCC1C2CC[C@]2(C)C(=O)C(C)=CC12. The number of Topliss-reactive ketones (excluding diaryl/α,β-unsaturated/α-hetero) is 1. The van der Waals surface area contributed by atoms with Gasteiger partial charge in [-0.05, 0) is 79.2 Å². The molecule has 0 spiro atoms. The van der Waals surface area contributed by atoms with E-state index in [4.69, 9.17) is 4.74 Å². The zero-order chi connectivity index (χ0) is 15.5. The first-order chi connectivity index (χ1) is 10.5. The van der Waals surface area contributed by atoms with Gasteiger partial charge in [0.1, 0.15) is 5.75 Å². The largest absolute Gasteiger partial charge is 0.497 e. The van der Waals surface area contributed by atoms with Gasteiger partial charge in [-0.15, -0.1) is 0 Å². The predicted octanol–water partition coefficient (Wildman–Crippen LogP) is 4.29. The van der Waals surface area contributed by atoms with E-state index in [1.165, 1.54) is 17.5 Å². The van der Waals surface area contributed by atoms with Crippen molar-refractivity contribution >= 4 is 5.78 Å². The molecule has 3 unspecified atom stereocenters. The Morgan fingerprint density at radius 2 is 2.09 bits per heavy atom. The van der Waals surface area contributed by atoms with Crippen molar-refractivity contribution in [1.82, 2.24) is 0 Å². The van der Waals surface area contributed by atoms with Crippen molar-refractivity contribution in [2.75, 3.05) is 7.11 Å². The number of fused-ring (bicyclic) bond motifs is 5. The van der Waals surface area contributed by atoms with Crippen LogP contribution in [0.1, 0.15) is 50.2 Å². The molecule has 0 bridgehead atoms. The van der Waals surface area contributed by atoms with Crippen LogP contribution in [-0.4, -0.2) is 12.9 Å². The highest BCUT2D eigenvalue weighted by Crippen LogP contribution is 2.58. The van der Waals surface area contributed by atoms with E-state index in [-0.39, 0.29) is 5.41 Å². The van der Waals surface area contributed by atoms with Gasteiger partial charge in [0, 0.05) is 5.41 Å². The Labute approximate surface area is 132 Å². The van der Waals surface area contributed by atoms with E-state index in [2.05, 4.69) is 31.2 Å². The first-order valence-corrected chi connectivity index (χ1v) is 8.44. The maximum Gasteiger partial charge on any atom is 0.164 e. The number of aryl methyl sites for hydroxylation is 1. The Kier molecular flexibility index (Phi) is 3.01. The maximum absolute atomic E-state index is 12.6. The van der Waals surface area contributed by atoms with Crippen LogP contribution in [0.2, 0.25) is 0 Å². The maximum atomic E-state index is 12.6. The molecule has 1 aromatic rings. The van der Waals surface area contributed by atoms with Crippen LogP contribution in [0.5, 0.6) is 5.75 Å². The average Bonchev–Trinajstić information content (AvgIpc) is 2.77. The van der Waals surface area contributed by atoms with Crippen LogP contribution in [0, 0.1) is 17.3 Å². The third kappa shape index (κ3) is 1.76. The molecule has 22 heavy (non-hydrogen) atoms. The summed E-state index contributed by atoms with van der Waals surface area (Å²) in [6, 6.07) is 6.57. The fraction of sp³-hybridized carbons (Fsp3) is 0.550. The van der Waals surface area contributed by atoms with Crippen molar-refractivity contribution in [3.8, 4) is 5.75 Å².